The van der Waals surface area contributed by atoms with Crippen LogP contribution in [0.25, 0.3) is 0 Å². The van der Waals surface area contributed by atoms with Gasteiger partial charge >= 0.3 is 0 Å². The molecule has 2 aromatic heterocycles. The Balaban J connectivity index is 1.69. The quantitative estimate of drug-likeness (QED) is 0.802. The molecule has 1 N–H and O–H groups in total. The molecule has 3 aromatic rings. The summed E-state index contributed by atoms with van der Waals surface area (Å²) in [6, 6.07) is 13.2. The maximum absolute atomic E-state index is 4.17. The number of hydrogen-bond donors (Lipinski definition) is 1. The first kappa shape index (κ1) is 14.2. The predicted octanol–water partition coefficient (Wildman–Crippen LogP) is 2.95. The van der Waals surface area contributed by atoms with Gasteiger partial charge in [-0.05, 0) is 46.0 Å². The zero-order valence-electron chi connectivity index (χ0n) is 13.0. The molecule has 7 heteroatoms. The molecule has 1 aromatic carbocycles. The van der Waals surface area contributed by atoms with E-state index in [9.17, 15) is 0 Å². The third-order valence-electron chi connectivity index (χ3n) is 4.23. The van der Waals surface area contributed by atoms with Gasteiger partial charge in [-0.25, -0.2) is 4.68 Å². The van der Waals surface area contributed by atoms with E-state index in [1.54, 1.807) is 11.3 Å². The average molecular weight is 326 g/mol. The topological polar surface area (TPSA) is 58.9 Å². The number of aromatic nitrogens is 4. The summed E-state index contributed by atoms with van der Waals surface area (Å²) in [7, 11) is 4.09. The Kier molecular flexibility index (Phi) is 3.49. The highest BCUT2D eigenvalue weighted by atomic mass is 32.1. The Morgan fingerprint density at radius 1 is 1.22 bits per heavy atom. The molecule has 0 spiro atoms. The smallest absolute Gasteiger partial charge is 0.244 e. The van der Waals surface area contributed by atoms with Crippen molar-refractivity contribution in [1.29, 1.82) is 0 Å². The number of thiophene rings is 1. The van der Waals surface area contributed by atoms with Crippen molar-refractivity contribution >= 4 is 23.0 Å². The molecule has 0 fully saturated rings. The van der Waals surface area contributed by atoms with E-state index in [1.807, 2.05) is 18.8 Å². The zero-order chi connectivity index (χ0) is 15.8. The Morgan fingerprint density at radius 3 is 2.74 bits per heavy atom. The van der Waals surface area contributed by atoms with Crippen molar-refractivity contribution in [2.75, 3.05) is 24.3 Å². The van der Waals surface area contributed by atoms with Crippen LogP contribution in [0.1, 0.15) is 28.9 Å². The summed E-state index contributed by atoms with van der Waals surface area (Å²) in [6.45, 7) is 0. The first-order valence-corrected chi connectivity index (χ1v) is 8.45. The normalized spacial score (nSPS) is 19.9. The predicted molar refractivity (Wildman–Crippen MR) is 92.0 cm³/mol. The fourth-order valence-corrected chi connectivity index (χ4v) is 3.78. The van der Waals surface area contributed by atoms with Crippen molar-refractivity contribution < 1.29 is 0 Å². The highest BCUT2D eigenvalue weighted by molar-refractivity contribution is 7.10. The van der Waals surface area contributed by atoms with E-state index >= 15 is 0 Å². The van der Waals surface area contributed by atoms with Crippen LogP contribution in [0.15, 0.2) is 41.8 Å². The fourth-order valence-electron chi connectivity index (χ4n) is 2.99. The maximum atomic E-state index is 4.17. The molecule has 4 rings (SSSR count). The third-order valence-corrected chi connectivity index (χ3v) is 5.22. The summed E-state index contributed by atoms with van der Waals surface area (Å²) in [5.74, 6) is 0.733. The van der Waals surface area contributed by atoms with Gasteiger partial charge in [0.15, 0.2) is 0 Å². The Bertz CT molecular complexity index is 777. The molecular weight excluding hydrogens is 308 g/mol. The first-order valence-electron chi connectivity index (χ1n) is 7.57. The molecule has 0 unspecified atom stereocenters. The minimum Gasteiger partial charge on any atom is -0.378 e. The highest BCUT2D eigenvalue weighted by Crippen LogP contribution is 2.38. The molecule has 0 saturated heterocycles. The van der Waals surface area contributed by atoms with Crippen LogP contribution >= 0.6 is 11.3 Å². The lowest BCUT2D eigenvalue weighted by molar-refractivity contribution is 0.426. The van der Waals surface area contributed by atoms with Crippen molar-refractivity contribution in [3.05, 3.63) is 52.2 Å². The largest absolute Gasteiger partial charge is 0.378 e. The molecule has 0 amide bonds. The van der Waals surface area contributed by atoms with E-state index in [0.29, 0.717) is 0 Å². The van der Waals surface area contributed by atoms with Gasteiger partial charge in [-0.2, -0.15) is 0 Å². The average Bonchev–Trinajstić information content (AvgIpc) is 3.25. The van der Waals surface area contributed by atoms with Gasteiger partial charge in [0.2, 0.25) is 5.95 Å². The van der Waals surface area contributed by atoms with Crippen LogP contribution in [0.3, 0.4) is 0 Å². The number of nitrogens with one attached hydrogen (secondary N) is 1. The monoisotopic (exact) mass is 326 g/mol. The molecule has 3 heterocycles. The number of tetrazole rings is 1. The number of nitrogens with zero attached hydrogens (tertiary/aromatic N) is 5. The SMILES string of the molecule is CN(C)c1ccc([C@@H]2C[C@@H](c3cccs3)Nc3nnnn32)cc1. The van der Waals surface area contributed by atoms with Crippen molar-refractivity contribution in [1.82, 2.24) is 20.2 Å². The molecular formula is C16H18N6S. The molecule has 1 aliphatic heterocycles. The summed E-state index contributed by atoms with van der Waals surface area (Å²) in [5.41, 5.74) is 2.42. The Morgan fingerprint density at radius 2 is 2.04 bits per heavy atom. The lowest BCUT2D eigenvalue weighted by atomic mass is 9.96. The summed E-state index contributed by atoms with van der Waals surface area (Å²) >= 11 is 1.76. The van der Waals surface area contributed by atoms with E-state index in [4.69, 9.17) is 0 Å². The highest BCUT2D eigenvalue weighted by Gasteiger charge is 2.31. The van der Waals surface area contributed by atoms with Gasteiger partial charge in [-0.3, -0.25) is 0 Å². The molecule has 23 heavy (non-hydrogen) atoms. The van der Waals surface area contributed by atoms with Gasteiger partial charge in [0.05, 0.1) is 12.1 Å². The van der Waals surface area contributed by atoms with Crippen molar-refractivity contribution in [2.45, 2.75) is 18.5 Å². The molecule has 0 radical (unpaired) electrons. The van der Waals surface area contributed by atoms with Gasteiger partial charge in [0.1, 0.15) is 0 Å². The van der Waals surface area contributed by atoms with Gasteiger partial charge in [0, 0.05) is 24.7 Å². The van der Waals surface area contributed by atoms with Gasteiger partial charge in [-0.1, -0.05) is 23.3 Å². The van der Waals surface area contributed by atoms with Crippen molar-refractivity contribution in [3.8, 4) is 0 Å². The second-order valence-electron chi connectivity index (χ2n) is 5.90. The van der Waals surface area contributed by atoms with E-state index in [0.717, 1.165) is 12.4 Å². The number of hydrogen-bond acceptors (Lipinski definition) is 6. The molecule has 0 bridgehead atoms. The summed E-state index contributed by atoms with van der Waals surface area (Å²) < 4.78 is 1.88. The van der Waals surface area contributed by atoms with Crippen molar-refractivity contribution in [2.24, 2.45) is 0 Å². The summed E-state index contributed by atoms with van der Waals surface area (Å²) in [5, 5.41) is 17.7. The summed E-state index contributed by atoms with van der Waals surface area (Å²) in [4.78, 5) is 3.41. The molecule has 0 saturated carbocycles. The molecule has 2 atom stereocenters. The zero-order valence-corrected chi connectivity index (χ0v) is 13.9. The van der Waals surface area contributed by atoms with Crippen LogP contribution < -0.4 is 10.2 Å². The number of benzene rings is 1. The number of fused-ring (bicyclic) bond motifs is 1. The van der Waals surface area contributed by atoms with Crippen LogP contribution in [-0.2, 0) is 0 Å². The second-order valence-corrected chi connectivity index (χ2v) is 6.88. The molecule has 6 nitrogen and oxygen atoms in total. The first-order chi connectivity index (χ1) is 11.2. The van der Waals surface area contributed by atoms with E-state index in [-0.39, 0.29) is 12.1 Å². The van der Waals surface area contributed by atoms with Gasteiger partial charge < -0.3 is 10.2 Å². The Labute approximate surface area is 138 Å². The lowest BCUT2D eigenvalue weighted by Gasteiger charge is -2.30. The van der Waals surface area contributed by atoms with Gasteiger partial charge in [-0.15, -0.1) is 11.3 Å². The molecule has 0 aliphatic carbocycles. The van der Waals surface area contributed by atoms with Crippen LogP contribution in [0.4, 0.5) is 11.6 Å². The maximum Gasteiger partial charge on any atom is 0.244 e. The minimum absolute atomic E-state index is 0.143. The van der Waals surface area contributed by atoms with E-state index in [2.05, 4.69) is 67.5 Å². The van der Waals surface area contributed by atoms with Crippen molar-refractivity contribution in [3.63, 3.8) is 0 Å². The second kappa shape index (κ2) is 5.66. The van der Waals surface area contributed by atoms with Crippen LogP contribution in [-0.4, -0.2) is 34.3 Å². The van der Waals surface area contributed by atoms with E-state index < -0.39 is 0 Å². The fraction of sp³-hybridized carbons (Fsp3) is 0.312. The van der Waals surface area contributed by atoms with Crippen LogP contribution in [0.2, 0.25) is 0 Å². The summed E-state index contributed by atoms with van der Waals surface area (Å²) in [6.07, 6.45) is 0.930. The number of anilines is 2. The minimum atomic E-state index is 0.143. The van der Waals surface area contributed by atoms with Crippen LogP contribution in [0, 0.1) is 0 Å². The van der Waals surface area contributed by atoms with E-state index in [1.165, 1.54) is 16.1 Å². The van der Waals surface area contributed by atoms with Crippen LogP contribution in [0.5, 0.6) is 0 Å². The Hall–Kier alpha value is -2.41. The standard InChI is InChI=1S/C16H18N6S/c1-21(2)12-7-5-11(6-8-12)14-10-13(15-4-3-9-23-15)17-16-18-19-20-22(14)16/h3-9,13-14H,10H2,1-2H3,(H,17,18,20)/t13-,14-/m0/s1. The third kappa shape index (κ3) is 2.57. The number of rotatable bonds is 3. The molecule has 1 aliphatic rings. The lowest BCUT2D eigenvalue weighted by Crippen LogP contribution is -2.27. The van der Waals surface area contributed by atoms with Gasteiger partial charge in [0.25, 0.3) is 0 Å². The molecule has 118 valence electrons.